The summed E-state index contributed by atoms with van der Waals surface area (Å²) in [6.45, 7) is 10.1. The van der Waals surface area contributed by atoms with Gasteiger partial charge in [-0.25, -0.2) is 4.98 Å². The number of nitrogens with zero attached hydrogens (tertiary/aromatic N) is 3. The molecule has 5 heteroatoms. The Labute approximate surface area is 138 Å². The molecule has 1 saturated heterocycles. The van der Waals surface area contributed by atoms with Crippen molar-refractivity contribution in [1.82, 2.24) is 15.3 Å². The first-order valence-electron chi connectivity index (χ1n) is 8.57. The fourth-order valence-electron chi connectivity index (χ4n) is 3.04. The quantitative estimate of drug-likeness (QED) is 0.919. The highest BCUT2D eigenvalue weighted by atomic mass is 16.5. The van der Waals surface area contributed by atoms with Gasteiger partial charge in [0, 0.05) is 25.7 Å². The summed E-state index contributed by atoms with van der Waals surface area (Å²) in [6.07, 6.45) is 0.968. The Hall–Kier alpha value is -1.88. The molecule has 0 bridgehead atoms. The highest BCUT2D eigenvalue weighted by Crippen LogP contribution is 2.27. The van der Waals surface area contributed by atoms with E-state index < -0.39 is 0 Å². The van der Waals surface area contributed by atoms with Crippen LogP contribution >= 0.6 is 0 Å². The molecule has 0 amide bonds. The second kappa shape index (κ2) is 7.13. The number of benzene rings is 1. The first-order valence-corrected chi connectivity index (χ1v) is 8.57. The normalized spacial score (nSPS) is 18.6. The van der Waals surface area contributed by atoms with Crippen LogP contribution in [0.4, 0.5) is 5.95 Å². The van der Waals surface area contributed by atoms with Crippen LogP contribution in [0.2, 0.25) is 0 Å². The number of anilines is 1. The van der Waals surface area contributed by atoms with Crippen molar-refractivity contribution in [3.05, 3.63) is 24.3 Å². The van der Waals surface area contributed by atoms with Crippen molar-refractivity contribution in [3.8, 4) is 5.88 Å². The molecule has 1 atom stereocenters. The molecule has 1 aromatic heterocycles. The lowest BCUT2D eigenvalue weighted by Crippen LogP contribution is -2.54. The Balaban J connectivity index is 2.02. The summed E-state index contributed by atoms with van der Waals surface area (Å²) in [5.41, 5.74) is 0.949. The van der Waals surface area contributed by atoms with Crippen LogP contribution in [0.25, 0.3) is 10.9 Å². The van der Waals surface area contributed by atoms with Gasteiger partial charge in [0.2, 0.25) is 11.8 Å². The second-order valence-corrected chi connectivity index (χ2v) is 6.40. The van der Waals surface area contributed by atoms with Crippen LogP contribution in [-0.2, 0) is 0 Å². The van der Waals surface area contributed by atoms with E-state index in [9.17, 15) is 0 Å². The minimum absolute atomic E-state index is 0.406. The zero-order valence-electron chi connectivity index (χ0n) is 14.2. The van der Waals surface area contributed by atoms with Gasteiger partial charge in [-0.05, 0) is 24.5 Å². The smallest absolute Gasteiger partial charge is 0.229 e. The molecule has 0 radical (unpaired) electrons. The summed E-state index contributed by atoms with van der Waals surface area (Å²) in [5, 5.41) is 4.46. The van der Waals surface area contributed by atoms with E-state index in [1.807, 2.05) is 24.3 Å². The lowest BCUT2D eigenvalue weighted by Gasteiger charge is -2.38. The number of hydrogen-bond acceptors (Lipinski definition) is 5. The van der Waals surface area contributed by atoms with Crippen molar-refractivity contribution in [1.29, 1.82) is 0 Å². The topological polar surface area (TPSA) is 50.3 Å². The third kappa shape index (κ3) is 3.39. The van der Waals surface area contributed by atoms with E-state index in [0.29, 0.717) is 24.4 Å². The first-order chi connectivity index (χ1) is 11.2. The Kier molecular flexibility index (Phi) is 4.96. The number of aromatic nitrogens is 2. The summed E-state index contributed by atoms with van der Waals surface area (Å²) in [7, 11) is 0. The fourth-order valence-corrected chi connectivity index (χ4v) is 3.04. The van der Waals surface area contributed by atoms with Crippen LogP contribution in [-0.4, -0.2) is 42.3 Å². The predicted molar refractivity (Wildman–Crippen MR) is 94.2 cm³/mol. The largest absolute Gasteiger partial charge is 0.477 e. The van der Waals surface area contributed by atoms with Crippen molar-refractivity contribution in [2.24, 2.45) is 5.92 Å². The molecule has 1 aliphatic rings. The molecule has 5 nitrogen and oxygen atoms in total. The van der Waals surface area contributed by atoms with Crippen molar-refractivity contribution in [2.45, 2.75) is 33.2 Å². The molecule has 1 unspecified atom stereocenters. The molecule has 23 heavy (non-hydrogen) atoms. The maximum Gasteiger partial charge on any atom is 0.229 e. The van der Waals surface area contributed by atoms with E-state index >= 15 is 0 Å². The van der Waals surface area contributed by atoms with Crippen molar-refractivity contribution in [3.63, 3.8) is 0 Å². The van der Waals surface area contributed by atoms with E-state index in [1.165, 1.54) is 0 Å². The summed E-state index contributed by atoms with van der Waals surface area (Å²) >= 11 is 0. The third-order valence-electron chi connectivity index (χ3n) is 4.31. The average molecular weight is 314 g/mol. The number of nitrogens with one attached hydrogen (secondary N) is 1. The van der Waals surface area contributed by atoms with Gasteiger partial charge in [-0.1, -0.05) is 32.9 Å². The molecule has 1 fully saturated rings. The minimum Gasteiger partial charge on any atom is -0.477 e. The zero-order valence-corrected chi connectivity index (χ0v) is 14.2. The van der Waals surface area contributed by atoms with Crippen molar-refractivity contribution >= 4 is 16.9 Å². The van der Waals surface area contributed by atoms with Crippen LogP contribution in [0.5, 0.6) is 5.88 Å². The molecule has 3 rings (SSSR count). The van der Waals surface area contributed by atoms with Gasteiger partial charge in [0.15, 0.2) is 0 Å². The number of piperazine rings is 1. The summed E-state index contributed by atoms with van der Waals surface area (Å²) in [4.78, 5) is 11.9. The molecule has 0 saturated carbocycles. The molecule has 2 aromatic rings. The van der Waals surface area contributed by atoms with Gasteiger partial charge in [0.05, 0.1) is 17.5 Å². The van der Waals surface area contributed by atoms with Gasteiger partial charge < -0.3 is 15.0 Å². The Bertz CT molecular complexity index is 659. The molecular formula is C18H26N4O. The van der Waals surface area contributed by atoms with Crippen LogP contribution in [0, 0.1) is 5.92 Å². The molecular weight excluding hydrogens is 288 g/mol. The number of fused-ring (bicyclic) bond motifs is 1. The van der Waals surface area contributed by atoms with Crippen molar-refractivity contribution < 1.29 is 4.74 Å². The second-order valence-electron chi connectivity index (χ2n) is 6.40. The van der Waals surface area contributed by atoms with Gasteiger partial charge in [-0.2, -0.15) is 4.98 Å². The van der Waals surface area contributed by atoms with E-state index in [1.54, 1.807) is 0 Å². The third-order valence-corrected chi connectivity index (χ3v) is 4.31. The predicted octanol–water partition coefficient (Wildman–Crippen LogP) is 2.85. The summed E-state index contributed by atoms with van der Waals surface area (Å²) in [5.74, 6) is 2.03. The highest BCUT2D eigenvalue weighted by Gasteiger charge is 2.27. The van der Waals surface area contributed by atoms with E-state index in [-0.39, 0.29) is 0 Å². The molecule has 0 spiro atoms. The molecule has 1 aliphatic heterocycles. The van der Waals surface area contributed by atoms with Crippen LogP contribution in [0.1, 0.15) is 27.2 Å². The van der Waals surface area contributed by atoms with Gasteiger partial charge in [-0.15, -0.1) is 0 Å². The monoisotopic (exact) mass is 314 g/mol. The molecule has 1 aromatic carbocycles. The Morgan fingerprint density at radius 2 is 2.13 bits per heavy atom. The van der Waals surface area contributed by atoms with Crippen LogP contribution in [0.15, 0.2) is 24.3 Å². The van der Waals surface area contributed by atoms with E-state index in [2.05, 4.69) is 31.0 Å². The number of para-hydroxylation sites is 1. The molecule has 0 aliphatic carbocycles. The summed E-state index contributed by atoms with van der Waals surface area (Å²) in [6, 6.07) is 8.49. The standard InChI is InChI=1S/C18H26N4O/c1-4-11-23-17-14-7-5-6-8-15(14)20-18(21-17)22-10-9-19-12-16(22)13(2)3/h5-8,13,16,19H,4,9-12H2,1-3H3. The van der Waals surface area contributed by atoms with Crippen LogP contribution < -0.4 is 15.0 Å². The number of ether oxygens (including phenoxy) is 1. The van der Waals surface area contributed by atoms with Gasteiger partial charge >= 0.3 is 0 Å². The van der Waals surface area contributed by atoms with E-state index in [4.69, 9.17) is 14.7 Å². The van der Waals surface area contributed by atoms with Gasteiger partial charge in [0.25, 0.3) is 0 Å². The highest BCUT2D eigenvalue weighted by molar-refractivity contribution is 5.84. The minimum atomic E-state index is 0.406. The maximum absolute atomic E-state index is 5.90. The number of rotatable bonds is 5. The fraction of sp³-hybridized carbons (Fsp3) is 0.556. The molecule has 2 heterocycles. The molecule has 124 valence electrons. The Morgan fingerprint density at radius 1 is 1.30 bits per heavy atom. The van der Waals surface area contributed by atoms with Crippen LogP contribution in [0.3, 0.4) is 0 Å². The lowest BCUT2D eigenvalue weighted by molar-refractivity contribution is 0.308. The Morgan fingerprint density at radius 3 is 2.91 bits per heavy atom. The first kappa shape index (κ1) is 16.0. The lowest BCUT2D eigenvalue weighted by atomic mass is 10.0. The van der Waals surface area contributed by atoms with E-state index in [0.717, 1.165) is 42.9 Å². The average Bonchev–Trinajstić information content (AvgIpc) is 2.59. The van der Waals surface area contributed by atoms with Gasteiger partial charge in [0.1, 0.15) is 0 Å². The SMILES string of the molecule is CCCOc1nc(N2CCNCC2C(C)C)nc2ccccc12. The maximum atomic E-state index is 5.90. The van der Waals surface area contributed by atoms with Crippen molar-refractivity contribution in [2.75, 3.05) is 31.1 Å². The molecule has 1 N–H and O–H groups in total. The number of hydrogen-bond donors (Lipinski definition) is 1. The summed E-state index contributed by atoms with van der Waals surface area (Å²) < 4.78 is 5.90. The zero-order chi connectivity index (χ0) is 16.2. The van der Waals surface area contributed by atoms with Gasteiger partial charge in [-0.3, -0.25) is 0 Å².